The molecule has 2 rings (SSSR count). The number of benzene rings is 1. The lowest BCUT2D eigenvalue weighted by molar-refractivity contribution is -0.117. The van der Waals surface area contributed by atoms with Crippen LogP contribution in [0.5, 0.6) is 0 Å². The maximum absolute atomic E-state index is 11.6. The Morgan fingerprint density at radius 1 is 1.47 bits per heavy atom. The number of amides is 2. The molecule has 0 aromatic heterocycles. The zero-order valence-corrected chi connectivity index (χ0v) is 9.48. The lowest BCUT2D eigenvalue weighted by Gasteiger charge is -2.16. The number of hydrogen-bond donors (Lipinski definition) is 1. The molecule has 1 aromatic rings. The van der Waals surface area contributed by atoms with E-state index < -0.39 is 0 Å². The summed E-state index contributed by atoms with van der Waals surface area (Å²) in [7, 11) is 0. The normalized spacial score (nSPS) is 14.8. The van der Waals surface area contributed by atoms with E-state index in [-0.39, 0.29) is 11.8 Å². The Labute approximate surface area is 99.9 Å². The van der Waals surface area contributed by atoms with E-state index in [1.807, 2.05) is 12.1 Å². The lowest BCUT2D eigenvalue weighted by atomic mass is 10.2. The number of carbonyl (C=O) groups is 2. The van der Waals surface area contributed by atoms with E-state index in [1.165, 1.54) is 6.08 Å². The van der Waals surface area contributed by atoms with Crippen LogP contribution in [0.2, 0.25) is 0 Å². The van der Waals surface area contributed by atoms with Crippen molar-refractivity contribution in [3.63, 3.8) is 0 Å². The van der Waals surface area contributed by atoms with Gasteiger partial charge in [-0.25, -0.2) is 0 Å². The van der Waals surface area contributed by atoms with E-state index in [0.29, 0.717) is 12.1 Å². The van der Waals surface area contributed by atoms with Crippen molar-refractivity contribution < 1.29 is 9.59 Å². The summed E-state index contributed by atoms with van der Waals surface area (Å²) in [6, 6.07) is 7.27. The molecular formula is C13H14N2O2. The van der Waals surface area contributed by atoms with E-state index in [4.69, 9.17) is 0 Å². The van der Waals surface area contributed by atoms with Crippen LogP contribution in [0.3, 0.4) is 0 Å². The van der Waals surface area contributed by atoms with Gasteiger partial charge in [-0.05, 0) is 30.7 Å². The molecule has 1 aliphatic heterocycles. The van der Waals surface area contributed by atoms with Crippen LogP contribution in [-0.4, -0.2) is 18.4 Å². The minimum atomic E-state index is -0.255. The van der Waals surface area contributed by atoms with Gasteiger partial charge in [0.05, 0.1) is 0 Å². The largest absolute Gasteiger partial charge is 0.322 e. The van der Waals surface area contributed by atoms with E-state index in [0.717, 1.165) is 18.7 Å². The second-order valence-electron chi connectivity index (χ2n) is 3.89. The smallest absolute Gasteiger partial charge is 0.247 e. The highest BCUT2D eigenvalue weighted by Gasteiger charge is 2.21. The van der Waals surface area contributed by atoms with Crippen LogP contribution in [0.25, 0.3) is 0 Å². The predicted octanol–water partition coefficient (Wildman–Crippen LogP) is 1.94. The minimum absolute atomic E-state index is 0.136. The van der Waals surface area contributed by atoms with Crippen molar-refractivity contribution in [2.45, 2.75) is 12.8 Å². The fraction of sp³-hybridized carbons (Fsp3) is 0.231. The third-order valence-corrected chi connectivity index (χ3v) is 2.68. The highest BCUT2D eigenvalue weighted by atomic mass is 16.2. The minimum Gasteiger partial charge on any atom is -0.322 e. The van der Waals surface area contributed by atoms with Gasteiger partial charge in [-0.1, -0.05) is 12.6 Å². The van der Waals surface area contributed by atoms with Crippen molar-refractivity contribution >= 4 is 23.2 Å². The Kier molecular flexibility index (Phi) is 3.23. The summed E-state index contributed by atoms with van der Waals surface area (Å²) in [5.41, 5.74) is 1.50. The van der Waals surface area contributed by atoms with Crippen LogP contribution < -0.4 is 10.2 Å². The van der Waals surface area contributed by atoms with E-state index in [9.17, 15) is 9.59 Å². The van der Waals surface area contributed by atoms with Crippen LogP contribution in [0.15, 0.2) is 36.9 Å². The molecule has 0 radical (unpaired) electrons. The quantitative estimate of drug-likeness (QED) is 0.807. The molecule has 0 bridgehead atoms. The Hall–Kier alpha value is -2.10. The summed E-state index contributed by atoms with van der Waals surface area (Å²) in [4.78, 5) is 24.5. The Morgan fingerprint density at radius 3 is 2.94 bits per heavy atom. The lowest BCUT2D eigenvalue weighted by Crippen LogP contribution is -2.23. The fourth-order valence-electron chi connectivity index (χ4n) is 1.87. The second-order valence-corrected chi connectivity index (χ2v) is 3.89. The summed E-state index contributed by atoms with van der Waals surface area (Å²) < 4.78 is 0. The number of nitrogens with one attached hydrogen (secondary N) is 1. The van der Waals surface area contributed by atoms with E-state index >= 15 is 0 Å². The maximum atomic E-state index is 11.6. The first kappa shape index (κ1) is 11.4. The maximum Gasteiger partial charge on any atom is 0.247 e. The van der Waals surface area contributed by atoms with Gasteiger partial charge in [0, 0.05) is 24.3 Å². The number of hydrogen-bond acceptors (Lipinski definition) is 2. The molecule has 0 aliphatic carbocycles. The first-order valence-corrected chi connectivity index (χ1v) is 5.54. The average Bonchev–Trinajstić information content (AvgIpc) is 2.75. The van der Waals surface area contributed by atoms with Crippen molar-refractivity contribution in [2.75, 3.05) is 16.8 Å². The standard InChI is InChI=1S/C13H14N2O2/c1-2-12(16)14-10-5-3-6-11(9-10)15-8-4-7-13(15)17/h2-3,5-6,9H,1,4,7-8H2,(H,14,16). The molecule has 17 heavy (non-hydrogen) atoms. The zero-order chi connectivity index (χ0) is 12.3. The summed E-state index contributed by atoms with van der Waals surface area (Å²) in [5, 5.41) is 2.68. The van der Waals surface area contributed by atoms with Crippen LogP contribution in [-0.2, 0) is 9.59 Å². The third-order valence-electron chi connectivity index (χ3n) is 2.68. The SMILES string of the molecule is C=CC(=O)Nc1cccc(N2CCCC2=O)c1. The van der Waals surface area contributed by atoms with E-state index in [2.05, 4.69) is 11.9 Å². The number of rotatable bonds is 3. The molecule has 4 heteroatoms. The van der Waals surface area contributed by atoms with Gasteiger partial charge in [0.1, 0.15) is 0 Å². The van der Waals surface area contributed by atoms with Gasteiger partial charge < -0.3 is 10.2 Å². The topological polar surface area (TPSA) is 49.4 Å². The average molecular weight is 230 g/mol. The van der Waals surface area contributed by atoms with Crippen molar-refractivity contribution in [1.29, 1.82) is 0 Å². The Bertz CT molecular complexity index is 468. The predicted molar refractivity (Wildman–Crippen MR) is 66.9 cm³/mol. The summed E-state index contributed by atoms with van der Waals surface area (Å²) in [6.07, 6.45) is 2.71. The molecule has 0 unspecified atom stereocenters. The van der Waals surface area contributed by atoms with Gasteiger partial charge in [0.25, 0.3) is 0 Å². The molecule has 0 spiro atoms. The van der Waals surface area contributed by atoms with Gasteiger partial charge in [0.15, 0.2) is 0 Å². The van der Waals surface area contributed by atoms with Crippen molar-refractivity contribution in [2.24, 2.45) is 0 Å². The highest BCUT2D eigenvalue weighted by molar-refractivity contribution is 6.00. The van der Waals surface area contributed by atoms with Gasteiger partial charge in [-0.3, -0.25) is 9.59 Å². The molecule has 0 saturated carbocycles. The van der Waals surface area contributed by atoms with Gasteiger partial charge in [-0.2, -0.15) is 0 Å². The number of anilines is 2. The first-order valence-electron chi connectivity index (χ1n) is 5.54. The number of nitrogens with zero attached hydrogens (tertiary/aromatic N) is 1. The Balaban J connectivity index is 2.19. The van der Waals surface area contributed by atoms with Gasteiger partial charge in [-0.15, -0.1) is 0 Å². The van der Waals surface area contributed by atoms with Gasteiger partial charge >= 0.3 is 0 Å². The number of carbonyl (C=O) groups excluding carboxylic acids is 2. The van der Waals surface area contributed by atoms with E-state index in [1.54, 1.807) is 17.0 Å². The molecular weight excluding hydrogens is 216 g/mol. The molecule has 0 atom stereocenters. The highest BCUT2D eigenvalue weighted by Crippen LogP contribution is 2.24. The summed E-state index contributed by atoms with van der Waals surface area (Å²) in [6.45, 7) is 4.14. The van der Waals surface area contributed by atoms with Crippen molar-refractivity contribution in [1.82, 2.24) is 0 Å². The molecule has 1 N–H and O–H groups in total. The van der Waals surface area contributed by atoms with Crippen LogP contribution in [0.4, 0.5) is 11.4 Å². The van der Waals surface area contributed by atoms with Gasteiger partial charge in [0.2, 0.25) is 11.8 Å². The fourth-order valence-corrected chi connectivity index (χ4v) is 1.87. The van der Waals surface area contributed by atoms with Crippen LogP contribution in [0.1, 0.15) is 12.8 Å². The molecule has 2 amide bonds. The first-order chi connectivity index (χ1) is 8.20. The molecule has 1 aliphatic rings. The molecule has 1 saturated heterocycles. The van der Waals surface area contributed by atoms with Crippen LogP contribution >= 0.6 is 0 Å². The summed E-state index contributed by atoms with van der Waals surface area (Å²) in [5.74, 6) is -0.118. The molecule has 1 fully saturated rings. The second kappa shape index (κ2) is 4.82. The Morgan fingerprint density at radius 2 is 2.29 bits per heavy atom. The summed E-state index contributed by atoms with van der Waals surface area (Å²) >= 11 is 0. The van der Waals surface area contributed by atoms with Crippen molar-refractivity contribution in [3.8, 4) is 0 Å². The molecule has 88 valence electrons. The van der Waals surface area contributed by atoms with Crippen LogP contribution in [0, 0.1) is 0 Å². The molecule has 1 heterocycles. The third kappa shape index (κ3) is 2.53. The molecule has 4 nitrogen and oxygen atoms in total. The van der Waals surface area contributed by atoms with Crippen molar-refractivity contribution in [3.05, 3.63) is 36.9 Å². The molecule has 1 aromatic carbocycles. The monoisotopic (exact) mass is 230 g/mol. The zero-order valence-electron chi connectivity index (χ0n) is 9.48.